The van der Waals surface area contributed by atoms with E-state index in [0.29, 0.717) is 24.3 Å². The highest BCUT2D eigenvalue weighted by Crippen LogP contribution is 2.38. The monoisotopic (exact) mass is 472 g/mol. The fourth-order valence-corrected chi connectivity index (χ4v) is 5.17. The van der Waals surface area contributed by atoms with Crippen molar-refractivity contribution in [2.45, 2.75) is 31.7 Å². The van der Waals surface area contributed by atoms with E-state index >= 15 is 0 Å². The number of methoxy groups -OCH3 is 2. The second-order valence-corrected chi connectivity index (χ2v) is 8.89. The first-order valence-corrected chi connectivity index (χ1v) is 12.0. The molecule has 1 aromatic heterocycles. The van der Waals surface area contributed by atoms with Crippen molar-refractivity contribution < 1.29 is 18.7 Å². The van der Waals surface area contributed by atoms with Crippen LogP contribution in [0.3, 0.4) is 0 Å². The molecule has 2 heterocycles. The number of aryl methyl sites for hydroxylation is 1. The number of nitrogens with one attached hydrogen (secondary N) is 1. The van der Waals surface area contributed by atoms with E-state index in [-0.39, 0.29) is 17.8 Å². The minimum absolute atomic E-state index is 0.0295. The lowest BCUT2D eigenvalue weighted by Gasteiger charge is -2.26. The average molecular weight is 473 g/mol. The second-order valence-electron chi connectivity index (χ2n) is 8.89. The number of H-pyrrole nitrogens is 1. The van der Waals surface area contributed by atoms with E-state index in [1.165, 1.54) is 12.1 Å². The largest absolute Gasteiger partial charge is 0.493 e. The molecule has 3 aromatic carbocycles. The number of halogens is 1. The third-order valence-corrected chi connectivity index (χ3v) is 6.90. The lowest BCUT2D eigenvalue weighted by atomic mass is 10.00. The number of para-hydroxylation sites is 1. The number of aromatic nitrogens is 1. The average Bonchev–Trinajstić information content (AvgIpc) is 3.52. The van der Waals surface area contributed by atoms with E-state index < -0.39 is 0 Å². The number of benzene rings is 3. The van der Waals surface area contributed by atoms with Gasteiger partial charge in [-0.05, 0) is 78.4 Å². The molecule has 1 N–H and O–H groups in total. The third kappa shape index (κ3) is 4.48. The number of carbonyl (C=O) groups excluding carboxylic acids is 1. The molecule has 1 aliphatic heterocycles. The van der Waals surface area contributed by atoms with Crippen molar-refractivity contribution in [1.29, 1.82) is 0 Å². The Balaban J connectivity index is 1.39. The van der Waals surface area contributed by atoms with Crippen molar-refractivity contribution in [3.8, 4) is 22.8 Å². The molecule has 0 bridgehead atoms. The smallest absolute Gasteiger partial charge is 0.223 e. The normalized spacial score (nSPS) is 15.5. The number of amides is 1. The van der Waals surface area contributed by atoms with E-state index in [4.69, 9.17) is 9.47 Å². The summed E-state index contributed by atoms with van der Waals surface area (Å²) in [7, 11) is 3.24. The molecule has 1 unspecified atom stereocenters. The van der Waals surface area contributed by atoms with Crippen LogP contribution in [0, 0.1) is 5.82 Å². The highest BCUT2D eigenvalue weighted by atomic mass is 19.1. The summed E-state index contributed by atoms with van der Waals surface area (Å²) in [6.07, 6.45) is 2.90. The number of carbonyl (C=O) groups is 1. The summed E-state index contributed by atoms with van der Waals surface area (Å²) in [5.41, 5.74) is 5.01. The SMILES string of the molecule is COc1ccc(C2CCCN2C(=O)CCc2c(-c3ccc(F)cc3)[nH]c3ccccc23)cc1OC. The summed E-state index contributed by atoms with van der Waals surface area (Å²) in [5, 5.41) is 1.09. The summed E-state index contributed by atoms with van der Waals surface area (Å²) < 4.78 is 24.4. The molecular weight excluding hydrogens is 443 g/mol. The van der Waals surface area contributed by atoms with E-state index in [1.807, 2.05) is 41.3 Å². The van der Waals surface area contributed by atoms with E-state index in [9.17, 15) is 9.18 Å². The predicted octanol–water partition coefficient (Wildman–Crippen LogP) is 6.29. The molecule has 1 fully saturated rings. The number of fused-ring (bicyclic) bond motifs is 1. The van der Waals surface area contributed by atoms with E-state index in [2.05, 4.69) is 11.1 Å². The molecule has 1 amide bonds. The standard InChI is InChI=1S/C29H29FN2O3/c1-34-26-15-11-20(18-27(26)35-2)25-8-5-17-32(25)28(33)16-14-23-22-6-3-4-7-24(22)31-29(23)19-9-12-21(30)13-10-19/h3-4,6-7,9-13,15,18,25,31H,5,8,14,16-17H2,1-2H3. The van der Waals surface area contributed by atoms with Crippen LogP contribution in [0.4, 0.5) is 4.39 Å². The third-order valence-electron chi connectivity index (χ3n) is 6.90. The molecule has 0 saturated carbocycles. The van der Waals surface area contributed by atoms with Gasteiger partial charge in [0.2, 0.25) is 5.91 Å². The Morgan fingerprint density at radius 3 is 2.57 bits per heavy atom. The number of aromatic amines is 1. The number of nitrogens with zero attached hydrogens (tertiary/aromatic N) is 1. The summed E-state index contributed by atoms with van der Waals surface area (Å²) in [5.74, 6) is 1.22. The van der Waals surface area contributed by atoms with E-state index in [0.717, 1.165) is 52.7 Å². The number of rotatable bonds is 7. The first-order chi connectivity index (χ1) is 17.1. The van der Waals surface area contributed by atoms with Crippen molar-refractivity contribution >= 4 is 16.8 Å². The van der Waals surface area contributed by atoms with Gasteiger partial charge in [-0.1, -0.05) is 24.3 Å². The van der Waals surface area contributed by atoms with Gasteiger partial charge in [0.25, 0.3) is 0 Å². The van der Waals surface area contributed by atoms with Crippen molar-refractivity contribution in [3.63, 3.8) is 0 Å². The van der Waals surface area contributed by atoms with Crippen LogP contribution in [-0.4, -0.2) is 36.6 Å². The summed E-state index contributed by atoms with van der Waals surface area (Å²) in [4.78, 5) is 18.9. The van der Waals surface area contributed by atoms with Gasteiger partial charge in [0.15, 0.2) is 11.5 Å². The number of likely N-dealkylation sites (tertiary alicyclic amines) is 1. The van der Waals surface area contributed by atoms with Gasteiger partial charge < -0.3 is 19.4 Å². The lowest BCUT2D eigenvalue weighted by molar-refractivity contribution is -0.132. The Labute approximate surface area is 204 Å². The predicted molar refractivity (Wildman–Crippen MR) is 135 cm³/mol. The zero-order valence-electron chi connectivity index (χ0n) is 20.0. The van der Waals surface area contributed by atoms with Crippen LogP contribution in [0.25, 0.3) is 22.2 Å². The molecule has 5 rings (SSSR count). The summed E-state index contributed by atoms with van der Waals surface area (Å²) in [6, 6.07) is 20.5. The van der Waals surface area contributed by atoms with Crippen molar-refractivity contribution in [2.24, 2.45) is 0 Å². The summed E-state index contributed by atoms with van der Waals surface area (Å²) in [6.45, 7) is 0.747. The quantitative estimate of drug-likeness (QED) is 0.344. The number of hydrogen-bond donors (Lipinski definition) is 1. The highest BCUT2D eigenvalue weighted by molar-refractivity contribution is 5.91. The van der Waals surface area contributed by atoms with Gasteiger partial charge in [0.1, 0.15) is 5.82 Å². The Hall–Kier alpha value is -3.80. The minimum atomic E-state index is -0.267. The molecule has 1 aliphatic rings. The molecule has 6 heteroatoms. The van der Waals surface area contributed by atoms with Crippen LogP contribution in [0.5, 0.6) is 11.5 Å². The first-order valence-electron chi connectivity index (χ1n) is 12.0. The molecule has 5 nitrogen and oxygen atoms in total. The fourth-order valence-electron chi connectivity index (χ4n) is 5.17. The van der Waals surface area contributed by atoms with Gasteiger partial charge >= 0.3 is 0 Å². The van der Waals surface area contributed by atoms with Gasteiger partial charge in [-0.2, -0.15) is 0 Å². The van der Waals surface area contributed by atoms with Crippen LogP contribution in [0.15, 0.2) is 66.7 Å². The fraction of sp³-hybridized carbons (Fsp3) is 0.276. The zero-order valence-corrected chi connectivity index (χ0v) is 20.0. The molecule has 35 heavy (non-hydrogen) atoms. The van der Waals surface area contributed by atoms with Crippen molar-refractivity contribution in [1.82, 2.24) is 9.88 Å². The Bertz CT molecular complexity index is 1350. The second kappa shape index (κ2) is 9.82. The molecule has 0 radical (unpaired) electrons. The number of hydrogen-bond acceptors (Lipinski definition) is 3. The molecule has 4 aromatic rings. The maximum Gasteiger partial charge on any atom is 0.223 e. The molecule has 0 aliphatic carbocycles. The minimum Gasteiger partial charge on any atom is -0.493 e. The van der Waals surface area contributed by atoms with Crippen molar-refractivity contribution in [2.75, 3.05) is 20.8 Å². The van der Waals surface area contributed by atoms with Gasteiger partial charge in [0.05, 0.1) is 20.3 Å². The van der Waals surface area contributed by atoms with Gasteiger partial charge in [-0.15, -0.1) is 0 Å². The van der Waals surface area contributed by atoms with Crippen LogP contribution >= 0.6 is 0 Å². The molecule has 1 saturated heterocycles. The van der Waals surface area contributed by atoms with Gasteiger partial charge in [-0.3, -0.25) is 4.79 Å². The van der Waals surface area contributed by atoms with Crippen LogP contribution in [-0.2, 0) is 11.2 Å². The van der Waals surface area contributed by atoms with Gasteiger partial charge in [0, 0.05) is 29.6 Å². The first kappa shape index (κ1) is 23.0. The van der Waals surface area contributed by atoms with Gasteiger partial charge in [-0.25, -0.2) is 4.39 Å². The maximum absolute atomic E-state index is 13.5. The van der Waals surface area contributed by atoms with Crippen LogP contribution in [0.2, 0.25) is 0 Å². The topological polar surface area (TPSA) is 54.6 Å². The molecule has 1 atom stereocenters. The van der Waals surface area contributed by atoms with Crippen molar-refractivity contribution in [3.05, 3.63) is 83.7 Å². The Morgan fingerprint density at radius 1 is 1.03 bits per heavy atom. The van der Waals surface area contributed by atoms with E-state index in [1.54, 1.807) is 26.4 Å². The molecular formula is C29H29FN2O3. The molecule has 0 spiro atoms. The highest BCUT2D eigenvalue weighted by Gasteiger charge is 2.30. The van der Waals surface area contributed by atoms with Crippen LogP contribution in [0.1, 0.15) is 36.4 Å². The molecule has 180 valence electrons. The zero-order chi connectivity index (χ0) is 24.4. The maximum atomic E-state index is 13.5. The Morgan fingerprint density at radius 2 is 1.80 bits per heavy atom. The Kier molecular flexibility index (Phi) is 6.45. The van der Waals surface area contributed by atoms with Crippen LogP contribution < -0.4 is 9.47 Å². The lowest BCUT2D eigenvalue weighted by Crippen LogP contribution is -2.30. The summed E-state index contributed by atoms with van der Waals surface area (Å²) >= 11 is 0. The number of ether oxygens (including phenoxy) is 2.